The molecular formula is C15H26N2S. The first kappa shape index (κ1) is 14.0. The van der Waals surface area contributed by atoms with Crippen molar-refractivity contribution in [3.63, 3.8) is 0 Å². The summed E-state index contributed by atoms with van der Waals surface area (Å²) >= 11 is 1.92. The van der Waals surface area contributed by atoms with Crippen molar-refractivity contribution >= 4 is 11.3 Å². The Morgan fingerprint density at radius 1 is 1.28 bits per heavy atom. The summed E-state index contributed by atoms with van der Waals surface area (Å²) in [4.78, 5) is 2.89. The molecule has 0 amide bonds. The van der Waals surface area contributed by atoms with Gasteiger partial charge in [0.1, 0.15) is 0 Å². The highest BCUT2D eigenvalue weighted by atomic mass is 32.1. The Morgan fingerprint density at radius 2 is 2.00 bits per heavy atom. The van der Waals surface area contributed by atoms with Crippen molar-refractivity contribution in [2.24, 2.45) is 17.7 Å². The van der Waals surface area contributed by atoms with Gasteiger partial charge in [-0.2, -0.15) is 0 Å². The van der Waals surface area contributed by atoms with Crippen molar-refractivity contribution < 1.29 is 0 Å². The molecule has 0 saturated heterocycles. The molecule has 0 aromatic carbocycles. The molecule has 3 heteroatoms. The molecule has 2 nitrogen and oxygen atoms in total. The third kappa shape index (κ3) is 3.14. The summed E-state index contributed by atoms with van der Waals surface area (Å²) in [5, 5.41) is 0. The smallest absolute Gasteiger partial charge is 0.0581 e. The zero-order valence-corrected chi connectivity index (χ0v) is 12.4. The highest BCUT2D eigenvalue weighted by Gasteiger charge is 2.28. The molecule has 102 valence electrons. The summed E-state index contributed by atoms with van der Waals surface area (Å²) in [7, 11) is 0. The van der Waals surface area contributed by atoms with Gasteiger partial charge in [-0.05, 0) is 43.2 Å². The summed E-state index contributed by atoms with van der Waals surface area (Å²) in [6.07, 6.45) is 7.88. The van der Waals surface area contributed by atoms with Crippen LogP contribution < -0.4 is 11.3 Å². The Hall–Kier alpha value is -0.380. The highest BCUT2D eigenvalue weighted by molar-refractivity contribution is 7.12. The maximum atomic E-state index is 5.81. The molecule has 3 N–H and O–H groups in total. The van der Waals surface area contributed by atoms with E-state index in [4.69, 9.17) is 5.84 Å². The van der Waals surface area contributed by atoms with Crippen LogP contribution in [0.5, 0.6) is 0 Å². The molecule has 1 aromatic heterocycles. The van der Waals surface area contributed by atoms with Crippen LogP contribution in [0.2, 0.25) is 0 Å². The van der Waals surface area contributed by atoms with Crippen molar-refractivity contribution in [3.05, 3.63) is 21.9 Å². The van der Waals surface area contributed by atoms with Gasteiger partial charge in [0.05, 0.1) is 6.04 Å². The lowest BCUT2D eigenvalue weighted by molar-refractivity contribution is 0.221. The van der Waals surface area contributed by atoms with Crippen LogP contribution in [0.1, 0.15) is 61.7 Å². The van der Waals surface area contributed by atoms with E-state index in [1.54, 1.807) is 0 Å². The molecule has 0 radical (unpaired) electrons. The Kier molecular flexibility index (Phi) is 5.22. The summed E-state index contributed by atoms with van der Waals surface area (Å²) in [5.41, 5.74) is 3.07. The second-order valence-corrected chi connectivity index (χ2v) is 6.69. The van der Waals surface area contributed by atoms with E-state index in [-0.39, 0.29) is 0 Å². The van der Waals surface area contributed by atoms with Gasteiger partial charge in [-0.25, -0.2) is 0 Å². The van der Waals surface area contributed by atoms with E-state index in [9.17, 15) is 0 Å². The minimum Gasteiger partial charge on any atom is -0.271 e. The predicted octanol–water partition coefficient (Wildman–Crippen LogP) is 4.03. The summed E-state index contributed by atoms with van der Waals surface area (Å²) in [6.45, 7) is 4.53. The van der Waals surface area contributed by atoms with Crippen molar-refractivity contribution in [2.75, 3.05) is 0 Å². The topological polar surface area (TPSA) is 38.0 Å². The average molecular weight is 266 g/mol. The third-order valence-electron chi connectivity index (χ3n) is 4.46. The van der Waals surface area contributed by atoms with Gasteiger partial charge in [0.2, 0.25) is 0 Å². The minimum atomic E-state index is 0.369. The molecule has 1 fully saturated rings. The minimum absolute atomic E-state index is 0.369. The molecule has 1 aromatic rings. The van der Waals surface area contributed by atoms with Gasteiger partial charge in [-0.15, -0.1) is 11.3 Å². The average Bonchev–Trinajstić information content (AvgIpc) is 2.89. The zero-order chi connectivity index (χ0) is 13.0. The van der Waals surface area contributed by atoms with E-state index in [1.807, 2.05) is 11.3 Å². The number of hydrazine groups is 1. The van der Waals surface area contributed by atoms with Crippen LogP contribution in [0, 0.1) is 11.8 Å². The molecule has 2 rings (SSSR count). The summed E-state index contributed by atoms with van der Waals surface area (Å²) in [6, 6.07) is 4.88. The van der Waals surface area contributed by atoms with Crippen molar-refractivity contribution in [1.29, 1.82) is 0 Å². The van der Waals surface area contributed by atoms with Gasteiger partial charge in [0, 0.05) is 9.75 Å². The Morgan fingerprint density at radius 3 is 2.50 bits per heavy atom. The lowest BCUT2D eigenvalue weighted by Crippen LogP contribution is -2.34. The first-order valence-electron chi connectivity index (χ1n) is 7.33. The number of thiophene rings is 1. The first-order valence-corrected chi connectivity index (χ1v) is 8.14. The summed E-state index contributed by atoms with van der Waals surface area (Å²) in [5.74, 6) is 7.49. The number of rotatable bonds is 5. The van der Waals surface area contributed by atoms with Gasteiger partial charge in [0.15, 0.2) is 0 Å². The monoisotopic (exact) mass is 266 g/mol. The van der Waals surface area contributed by atoms with Crippen LogP contribution in [-0.4, -0.2) is 0 Å². The fourth-order valence-corrected chi connectivity index (χ4v) is 4.24. The number of nitrogens with two attached hydrogens (primary N) is 1. The Labute approximate surface area is 115 Å². The van der Waals surface area contributed by atoms with Crippen molar-refractivity contribution in [1.82, 2.24) is 5.43 Å². The Balaban J connectivity index is 2.00. The SMILES string of the molecule is CCc1ccc(C(NN)C2CCC(CC)CC2)s1. The van der Waals surface area contributed by atoms with Crippen molar-refractivity contribution in [3.8, 4) is 0 Å². The third-order valence-corrected chi connectivity index (χ3v) is 5.77. The van der Waals surface area contributed by atoms with E-state index < -0.39 is 0 Å². The van der Waals surface area contributed by atoms with Crippen molar-refractivity contribution in [2.45, 2.75) is 58.4 Å². The van der Waals surface area contributed by atoms with E-state index >= 15 is 0 Å². The second kappa shape index (κ2) is 6.69. The fourth-order valence-electron chi connectivity index (χ4n) is 3.13. The molecule has 0 spiro atoms. The molecule has 18 heavy (non-hydrogen) atoms. The van der Waals surface area contributed by atoms with Crippen LogP contribution in [0.4, 0.5) is 0 Å². The second-order valence-electron chi connectivity index (χ2n) is 5.49. The van der Waals surface area contributed by atoms with Crippen LogP contribution in [0.3, 0.4) is 0 Å². The largest absolute Gasteiger partial charge is 0.271 e. The molecule has 1 unspecified atom stereocenters. The zero-order valence-electron chi connectivity index (χ0n) is 11.6. The summed E-state index contributed by atoms with van der Waals surface area (Å²) < 4.78 is 0. The molecule has 1 saturated carbocycles. The van der Waals surface area contributed by atoms with Crippen LogP contribution in [0.15, 0.2) is 12.1 Å². The molecular weight excluding hydrogens is 240 g/mol. The van der Waals surface area contributed by atoms with Gasteiger partial charge in [0.25, 0.3) is 0 Å². The lowest BCUT2D eigenvalue weighted by Gasteiger charge is -2.32. The fraction of sp³-hybridized carbons (Fsp3) is 0.733. The predicted molar refractivity (Wildman–Crippen MR) is 79.5 cm³/mol. The molecule has 0 aliphatic heterocycles. The molecule has 1 aliphatic carbocycles. The normalized spacial score (nSPS) is 26.2. The number of nitrogens with one attached hydrogen (secondary N) is 1. The van der Waals surface area contributed by atoms with Gasteiger partial charge in [-0.3, -0.25) is 11.3 Å². The van der Waals surface area contributed by atoms with Gasteiger partial charge >= 0.3 is 0 Å². The van der Waals surface area contributed by atoms with Crippen LogP contribution >= 0.6 is 11.3 Å². The Bertz CT molecular complexity index is 353. The van der Waals surface area contributed by atoms with Gasteiger partial charge in [-0.1, -0.05) is 33.1 Å². The quantitative estimate of drug-likeness (QED) is 0.624. The highest BCUT2D eigenvalue weighted by Crippen LogP contribution is 2.39. The van der Waals surface area contributed by atoms with Crippen LogP contribution in [0.25, 0.3) is 0 Å². The first-order chi connectivity index (χ1) is 8.78. The standard InChI is InChI=1S/C15H26N2S/c1-3-11-5-7-12(8-6-11)15(17-16)14-10-9-13(4-2)18-14/h9-12,15,17H,3-8,16H2,1-2H3. The van der Waals surface area contributed by atoms with E-state index in [1.165, 1.54) is 41.9 Å². The van der Waals surface area contributed by atoms with Crippen LogP contribution in [-0.2, 0) is 6.42 Å². The number of hydrogen-bond acceptors (Lipinski definition) is 3. The van der Waals surface area contributed by atoms with E-state index in [0.29, 0.717) is 6.04 Å². The van der Waals surface area contributed by atoms with E-state index in [0.717, 1.165) is 18.3 Å². The maximum absolute atomic E-state index is 5.81. The molecule has 1 heterocycles. The van der Waals surface area contributed by atoms with E-state index in [2.05, 4.69) is 31.4 Å². The maximum Gasteiger partial charge on any atom is 0.0581 e. The number of aryl methyl sites for hydroxylation is 1. The molecule has 1 atom stereocenters. The molecule has 1 aliphatic rings. The number of hydrogen-bond donors (Lipinski definition) is 2. The molecule has 0 bridgehead atoms. The lowest BCUT2D eigenvalue weighted by atomic mass is 9.77. The van der Waals surface area contributed by atoms with Gasteiger partial charge < -0.3 is 0 Å².